The summed E-state index contributed by atoms with van der Waals surface area (Å²) in [5.74, 6) is 0.594. The Morgan fingerprint density at radius 1 is 1.16 bits per heavy atom. The number of fused-ring (bicyclic) bond motifs is 1. The first-order valence-corrected chi connectivity index (χ1v) is 10.9. The van der Waals surface area contributed by atoms with Crippen molar-refractivity contribution in [3.63, 3.8) is 0 Å². The van der Waals surface area contributed by atoms with E-state index >= 15 is 0 Å². The number of thioether (sulfide) groups is 1. The number of amidine groups is 1. The number of amides is 1. The number of hydrogen-bond acceptors (Lipinski definition) is 8. The molecule has 0 aromatic heterocycles. The molecule has 31 heavy (non-hydrogen) atoms. The van der Waals surface area contributed by atoms with Gasteiger partial charge in [-0.25, -0.2) is 9.79 Å². The molecule has 1 aromatic carbocycles. The first-order chi connectivity index (χ1) is 15.0. The largest absolute Gasteiger partial charge is 0.493 e. The quantitative estimate of drug-likeness (QED) is 0.614. The monoisotopic (exact) mass is 445 g/mol. The van der Waals surface area contributed by atoms with Crippen molar-refractivity contribution in [1.82, 2.24) is 10.2 Å². The number of benzene rings is 1. The summed E-state index contributed by atoms with van der Waals surface area (Å²) in [4.78, 5) is 31.9. The highest BCUT2D eigenvalue weighted by Gasteiger charge is 2.41. The number of nitrogens with zero attached hydrogens (tertiary/aromatic N) is 2. The molecule has 1 atom stereocenters. The number of ether oxygens (including phenoxy) is 3. The Hall–Kier alpha value is -2.94. The molecule has 2 aliphatic rings. The summed E-state index contributed by atoms with van der Waals surface area (Å²) in [6.45, 7) is 4.38. The van der Waals surface area contributed by atoms with Gasteiger partial charge in [-0.15, -0.1) is 0 Å². The highest BCUT2D eigenvalue weighted by atomic mass is 32.2. The summed E-state index contributed by atoms with van der Waals surface area (Å²) in [5, 5.41) is 5.46. The Bertz CT molecular complexity index is 970. The Kier molecular flexibility index (Phi) is 7.27. The Morgan fingerprint density at radius 3 is 2.52 bits per heavy atom. The van der Waals surface area contributed by atoms with Crippen LogP contribution in [-0.4, -0.2) is 49.8 Å². The average Bonchev–Trinajstić information content (AvgIpc) is 3.18. The number of hydrogen-bond donors (Lipinski definition) is 1. The minimum Gasteiger partial charge on any atom is -0.493 e. The highest BCUT2D eigenvalue weighted by molar-refractivity contribution is 8.16. The van der Waals surface area contributed by atoms with Gasteiger partial charge in [0.2, 0.25) is 5.91 Å². The predicted octanol–water partition coefficient (Wildman–Crippen LogP) is 3.37. The molecule has 166 valence electrons. The van der Waals surface area contributed by atoms with Crippen molar-refractivity contribution < 1.29 is 23.8 Å². The van der Waals surface area contributed by atoms with Crippen molar-refractivity contribution in [3.8, 4) is 11.5 Å². The minimum absolute atomic E-state index is 0.0912. The second kappa shape index (κ2) is 9.91. The van der Waals surface area contributed by atoms with Crippen molar-refractivity contribution >= 4 is 28.8 Å². The third kappa shape index (κ3) is 4.41. The van der Waals surface area contributed by atoms with Crippen molar-refractivity contribution in [1.29, 1.82) is 0 Å². The van der Waals surface area contributed by atoms with E-state index in [-0.39, 0.29) is 12.3 Å². The van der Waals surface area contributed by atoms with Crippen molar-refractivity contribution in [2.24, 2.45) is 4.99 Å². The standard InChI is InChI=1S/C22H27N3O5S/c1-6-15-19(21(27)30-5)20(13-8-9-16(28-3)17(10-13)29-4)25-14(11-18(26)23-7-2)12-31-22(25)24-15/h8-10,12,20H,6-7,11H2,1-5H3,(H,23,26). The first kappa shape index (κ1) is 22.7. The van der Waals surface area contributed by atoms with Crippen molar-refractivity contribution in [2.75, 3.05) is 27.9 Å². The number of carbonyl (C=O) groups is 2. The van der Waals surface area contributed by atoms with Crippen LogP contribution in [0.15, 0.2) is 45.6 Å². The minimum atomic E-state index is -0.509. The van der Waals surface area contributed by atoms with Crippen LogP contribution in [0.3, 0.4) is 0 Å². The normalized spacial score (nSPS) is 17.6. The smallest absolute Gasteiger partial charge is 0.338 e. The lowest BCUT2D eigenvalue weighted by molar-refractivity contribution is -0.136. The zero-order valence-electron chi connectivity index (χ0n) is 18.4. The van der Waals surface area contributed by atoms with Crippen LogP contribution in [0.25, 0.3) is 0 Å². The fourth-order valence-electron chi connectivity index (χ4n) is 3.67. The molecule has 0 aliphatic carbocycles. The van der Waals surface area contributed by atoms with Gasteiger partial charge in [0.15, 0.2) is 16.7 Å². The van der Waals surface area contributed by atoms with Crippen LogP contribution in [0.1, 0.15) is 38.3 Å². The molecule has 8 nitrogen and oxygen atoms in total. The molecule has 3 rings (SSSR count). The number of esters is 1. The Morgan fingerprint density at radius 2 is 1.90 bits per heavy atom. The summed E-state index contributed by atoms with van der Waals surface area (Å²) in [5.41, 5.74) is 2.69. The lowest BCUT2D eigenvalue weighted by Gasteiger charge is -2.36. The predicted molar refractivity (Wildman–Crippen MR) is 120 cm³/mol. The summed E-state index contributed by atoms with van der Waals surface area (Å²) in [6, 6.07) is 5.02. The molecule has 2 heterocycles. The summed E-state index contributed by atoms with van der Waals surface area (Å²) in [7, 11) is 4.50. The molecular weight excluding hydrogens is 418 g/mol. The molecule has 2 aliphatic heterocycles. The number of aliphatic imine (C=N–C) groups is 1. The van der Waals surface area contributed by atoms with Gasteiger partial charge >= 0.3 is 5.97 Å². The first-order valence-electron chi connectivity index (χ1n) is 10.0. The lowest BCUT2D eigenvalue weighted by Crippen LogP contribution is -2.38. The maximum atomic E-state index is 12.9. The Balaban J connectivity index is 2.14. The van der Waals surface area contributed by atoms with E-state index < -0.39 is 12.0 Å². The second-order valence-electron chi connectivity index (χ2n) is 6.84. The zero-order valence-corrected chi connectivity index (χ0v) is 19.2. The van der Waals surface area contributed by atoms with Crippen molar-refractivity contribution in [3.05, 3.63) is 46.1 Å². The SMILES string of the molecule is CCNC(=O)CC1=CSC2=NC(CC)=C(C(=O)OC)C(c3ccc(OC)c(OC)c3)N12. The van der Waals surface area contributed by atoms with E-state index in [4.69, 9.17) is 19.2 Å². The molecule has 1 N–H and O–H groups in total. The van der Waals surface area contributed by atoms with Gasteiger partial charge in [-0.2, -0.15) is 0 Å². The lowest BCUT2D eigenvalue weighted by atomic mass is 9.92. The number of allylic oxidation sites excluding steroid dienone is 1. The maximum Gasteiger partial charge on any atom is 0.338 e. The van der Waals surface area contributed by atoms with Crippen molar-refractivity contribution in [2.45, 2.75) is 32.7 Å². The second-order valence-corrected chi connectivity index (χ2v) is 7.68. The van der Waals surface area contributed by atoms with E-state index in [0.717, 1.165) is 16.4 Å². The third-order valence-electron chi connectivity index (χ3n) is 5.07. The van der Waals surface area contributed by atoms with E-state index in [2.05, 4.69) is 5.32 Å². The molecule has 0 saturated heterocycles. The fourth-order valence-corrected chi connectivity index (χ4v) is 4.61. The molecule has 0 saturated carbocycles. The number of nitrogens with one attached hydrogen (secondary N) is 1. The fraction of sp³-hybridized carbons (Fsp3) is 0.409. The van der Waals surface area contributed by atoms with Gasteiger partial charge in [0.25, 0.3) is 0 Å². The van der Waals surface area contributed by atoms with Gasteiger partial charge in [-0.1, -0.05) is 24.8 Å². The molecule has 0 spiro atoms. The molecule has 1 amide bonds. The van der Waals surface area contributed by atoms with Crippen LogP contribution in [0, 0.1) is 0 Å². The van der Waals surface area contributed by atoms with Gasteiger partial charge in [-0.05, 0) is 36.4 Å². The van der Waals surface area contributed by atoms with Crippen LogP contribution in [-0.2, 0) is 14.3 Å². The Labute approximate surface area is 186 Å². The molecular formula is C22H27N3O5S. The van der Waals surface area contributed by atoms with Gasteiger partial charge in [0.1, 0.15) is 0 Å². The number of methoxy groups -OCH3 is 3. The third-order valence-corrected chi connectivity index (χ3v) is 5.96. The molecule has 1 aromatic rings. The average molecular weight is 446 g/mol. The maximum absolute atomic E-state index is 12.9. The molecule has 1 unspecified atom stereocenters. The number of carbonyl (C=O) groups excluding carboxylic acids is 2. The summed E-state index contributed by atoms with van der Waals surface area (Å²) in [6.07, 6.45) is 0.747. The van der Waals surface area contributed by atoms with E-state index in [1.165, 1.54) is 18.9 Å². The van der Waals surface area contributed by atoms with Crippen LogP contribution in [0.5, 0.6) is 11.5 Å². The van der Waals surface area contributed by atoms with E-state index in [1.807, 2.05) is 36.3 Å². The highest BCUT2D eigenvalue weighted by Crippen LogP contribution is 2.46. The van der Waals surface area contributed by atoms with E-state index in [1.54, 1.807) is 20.3 Å². The van der Waals surface area contributed by atoms with Gasteiger partial charge in [-0.3, -0.25) is 4.79 Å². The van der Waals surface area contributed by atoms with Gasteiger partial charge < -0.3 is 24.4 Å². The van der Waals surface area contributed by atoms with E-state index in [0.29, 0.717) is 35.7 Å². The van der Waals surface area contributed by atoms with Gasteiger partial charge in [0, 0.05) is 12.2 Å². The molecule has 0 radical (unpaired) electrons. The van der Waals surface area contributed by atoms with Crippen LogP contribution in [0.2, 0.25) is 0 Å². The van der Waals surface area contributed by atoms with Crippen LogP contribution < -0.4 is 14.8 Å². The zero-order chi connectivity index (χ0) is 22.5. The summed E-state index contributed by atoms with van der Waals surface area (Å²) < 4.78 is 16.0. The topological polar surface area (TPSA) is 89.5 Å². The van der Waals surface area contributed by atoms with Crippen LogP contribution in [0.4, 0.5) is 0 Å². The summed E-state index contributed by atoms with van der Waals surface area (Å²) >= 11 is 1.44. The molecule has 0 fully saturated rings. The number of rotatable bonds is 8. The van der Waals surface area contributed by atoms with E-state index in [9.17, 15) is 9.59 Å². The van der Waals surface area contributed by atoms with Crippen LogP contribution >= 0.6 is 11.8 Å². The molecule has 9 heteroatoms. The van der Waals surface area contributed by atoms with Gasteiger partial charge in [0.05, 0.1) is 45.1 Å². The molecule has 0 bridgehead atoms.